The maximum atomic E-state index is 12.3. The van der Waals surface area contributed by atoms with Crippen LogP contribution in [0, 0.1) is 6.92 Å². The highest BCUT2D eigenvalue weighted by molar-refractivity contribution is 6.18. The lowest BCUT2D eigenvalue weighted by Gasteiger charge is -2.21. The molecule has 0 spiro atoms. The van der Waals surface area contributed by atoms with E-state index in [1.807, 2.05) is 19.1 Å². The monoisotopic (exact) mass is 384 g/mol. The van der Waals surface area contributed by atoms with Crippen LogP contribution in [0.5, 0.6) is 28.7 Å². The van der Waals surface area contributed by atoms with Gasteiger partial charge in [0.25, 0.3) is 0 Å². The number of aryl methyl sites for hydroxylation is 1. The second kappa shape index (κ2) is 7.46. The summed E-state index contributed by atoms with van der Waals surface area (Å²) in [5, 5.41) is 2.98. The molecule has 0 bridgehead atoms. The van der Waals surface area contributed by atoms with Gasteiger partial charge < -0.3 is 23.7 Å². The van der Waals surface area contributed by atoms with Crippen LogP contribution in [0.4, 0.5) is 0 Å². The molecule has 3 aromatic rings. The first-order valence-corrected chi connectivity index (χ1v) is 8.75. The summed E-state index contributed by atoms with van der Waals surface area (Å²) in [5.74, 6) is 2.82. The summed E-state index contributed by atoms with van der Waals surface area (Å²) in [7, 11) is 7.93. The van der Waals surface area contributed by atoms with Crippen LogP contribution in [-0.2, 0) is 0 Å². The minimum absolute atomic E-state index is 0.0880. The molecule has 0 aliphatic carbocycles. The minimum Gasteiger partial charge on any atom is -0.496 e. The number of benzene rings is 3. The molecule has 3 aromatic carbocycles. The third kappa shape index (κ3) is 2.68. The van der Waals surface area contributed by atoms with Crippen molar-refractivity contribution >= 4 is 27.3 Å². The second-order valence-corrected chi connectivity index (χ2v) is 6.34. The number of ketones is 1. The van der Waals surface area contributed by atoms with E-state index in [0.29, 0.717) is 34.3 Å². The normalized spacial score (nSPS) is 10.8. The number of ether oxygens (including phenoxy) is 5. The highest BCUT2D eigenvalue weighted by Crippen LogP contribution is 2.52. The fraction of sp³-hybridized carbons (Fsp3) is 0.318. The molecule has 0 heterocycles. The van der Waals surface area contributed by atoms with Gasteiger partial charge in [-0.15, -0.1) is 0 Å². The van der Waals surface area contributed by atoms with Crippen molar-refractivity contribution in [2.24, 2.45) is 0 Å². The van der Waals surface area contributed by atoms with Crippen molar-refractivity contribution < 1.29 is 28.5 Å². The molecule has 28 heavy (non-hydrogen) atoms. The average molecular weight is 384 g/mol. The van der Waals surface area contributed by atoms with E-state index in [4.69, 9.17) is 23.7 Å². The Morgan fingerprint density at radius 1 is 0.714 bits per heavy atom. The quantitative estimate of drug-likeness (QED) is 0.459. The third-order valence-corrected chi connectivity index (χ3v) is 5.02. The molecule has 6 nitrogen and oxygen atoms in total. The predicted molar refractivity (Wildman–Crippen MR) is 109 cm³/mol. The van der Waals surface area contributed by atoms with Crippen LogP contribution in [0.3, 0.4) is 0 Å². The molecule has 0 saturated heterocycles. The standard InChI is InChI=1S/C22H24O6/c1-11-17(12(2)23)16(26-5)10-13-18(11)22(28-7)20-15(25-4)9-8-14(24-3)19(20)21(13)27-6/h8-10H,1-7H3. The molecule has 0 aromatic heterocycles. The van der Waals surface area contributed by atoms with Gasteiger partial charge >= 0.3 is 0 Å². The summed E-state index contributed by atoms with van der Waals surface area (Å²) in [6.45, 7) is 3.40. The van der Waals surface area contributed by atoms with Gasteiger partial charge in [0.2, 0.25) is 0 Å². The van der Waals surface area contributed by atoms with Gasteiger partial charge in [0.1, 0.15) is 28.7 Å². The molecule has 3 rings (SSSR count). The minimum atomic E-state index is -0.0880. The number of hydrogen-bond acceptors (Lipinski definition) is 6. The molecule has 0 aliphatic heterocycles. The van der Waals surface area contributed by atoms with Gasteiger partial charge in [-0.2, -0.15) is 0 Å². The first kappa shape index (κ1) is 19.6. The first-order valence-electron chi connectivity index (χ1n) is 8.75. The Labute approximate surface area is 163 Å². The van der Waals surface area contributed by atoms with Gasteiger partial charge in [-0.3, -0.25) is 4.79 Å². The lowest BCUT2D eigenvalue weighted by molar-refractivity contribution is 0.101. The average Bonchev–Trinajstić information content (AvgIpc) is 2.70. The second-order valence-electron chi connectivity index (χ2n) is 6.34. The number of carbonyl (C=O) groups excluding carboxylic acids is 1. The summed E-state index contributed by atoms with van der Waals surface area (Å²) in [4.78, 5) is 12.3. The maximum absolute atomic E-state index is 12.3. The van der Waals surface area contributed by atoms with Gasteiger partial charge in [-0.25, -0.2) is 0 Å². The Morgan fingerprint density at radius 3 is 1.64 bits per heavy atom. The molecule has 0 saturated carbocycles. The summed E-state index contributed by atoms with van der Waals surface area (Å²) in [5.41, 5.74) is 1.26. The van der Waals surface area contributed by atoms with Crippen molar-refractivity contribution in [3.63, 3.8) is 0 Å². The van der Waals surface area contributed by atoms with E-state index in [0.717, 1.165) is 27.1 Å². The number of rotatable bonds is 6. The van der Waals surface area contributed by atoms with Gasteiger partial charge in [0.15, 0.2) is 5.78 Å². The Kier molecular flexibility index (Phi) is 5.23. The lowest BCUT2D eigenvalue weighted by atomic mass is 9.92. The van der Waals surface area contributed by atoms with E-state index in [9.17, 15) is 4.79 Å². The Morgan fingerprint density at radius 2 is 1.21 bits per heavy atom. The van der Waals surface area contributed by atoms with Gasteiger partial charge in [-0.1, -0.05) is 0 Å². The van der Waals surface area contributed by atoms with Crippen molar-refractivity contribution in [3.05, 3.63) is 29.3 Å². The molecule has 6 heteroatoms. The van der Waals surface area contributed by atoms with Crippen LogP contribution in [-0.4, -0.2) is 41.3 Å². The van der Waals surface area contributed by atoms with Crippen molar-refractivity contribution in [3.8, 4) is 28.7 Å². The molecule has 0 radical (unpaired) electrons. The fourth-order valence-electron chi connectivity index (χ4n) is 3.89. The molecule has 0 fully saturated rings. The Bertz CT molecular complexity index is 1080. The van der Waals surface area contributed by atoms with E-state index in [2.05, 4.69) is 0 Å². The number of hydrogen-bond donors (Lipinski definition) is 0. The number of Topliss-reactive ketones (excluding diaryl/α,β-unsaturated/α-hetero) is 1. The van der Waals surface area contributed by atoms with E-state index in [1.165, 1.54) is 6.92 Å². The SMILES string of the molecule is COc1cc2c(OC)c3c(OC)ccc(OC)c3c(OC)c2c(C)c1C(C)=O. The van der Waals surface area contributed by atoms with Crippen LogP contribution in [0.2, 0.25) is 0 Å². The maximum Gasteiger partial charge on any atom is 0.163 e. The molecular formula is C22H24O6. The van der Waals surface area contributed by atoms with E-state index in [1.54, 1.807) is 41.6 Å². The molecule has 0 atom stereocenters. The van der Waals surface area contributed by atoms with E-state index >= 15 is 0 Å². The van der Waals surface area contributed by atoms with Crippen molar-refractivity contribution in [2.75, 3.05) is 35.5 Å². The van der Waals surface area contributed by atoms with E-state index in [-0.39, 0.29) is 5.78 Å². The van der Waals surface area contributed by atoms with Gasteiger partial charge in [0.05, 0.1) is 51.9 Å². The molecule has 0 N–H and O–H groups in total. The van der Waals surface area contributed by atoms with Crippen molar-refractivity contribution in [1.82, 2.24) is 0 Å². The van der Waals surface area contributed by atoms with E-state index < -0.39 is 0 Å². The molecule has 0 aliphatic rings. The zero-order valence-electron chi connectivity index (χ0n) is 17.2. The van der Waals surface area contributed by atoms with Crippen LogP contribution in [0.25, 0.3) is 21.5 Å². The molecule has 0 unspecified atom stereocenters. The Balaban J connectivity index is 2.74. The van der Waals surface area contributed by atoms with Gasteiger partial charge in [0, 0.05) is 10.8 Å². The van der Waals surface area contributed by atoms with Crippen molar-refractivity contribution in [2.45, 2.75) is 13.8 Å². The number of methoxy groups -OCH3 is 5. The van der Waals surface area contributed by atoms with Crippen LogP contribution in [0.15, 0.2) is 18.2 Å². The highest BCUT2D eigenvalue weighted by atomic mass is 16.5. The Hall–Kier alpha value is -3.15. The molecule has 148 valence electrons. The summed E-state index contributed by atoms with van der Waals surface area (Å²) < 4.78 is 28.3. The predicted octanol–water partition coefficient (Wildman–Crippen LogP) is 4.55. The number of fused-ring (bicyclic) bond motifs is 2. The lowest BCUT2D eigenvalue weighted by Crippen LogP contribution is -2.04. The highest BCUT2D eigenvalue weighted by Gasteiger charge is 2.26. The summed E-state index contributed by atoms with van der Waals surface area (Å²) in [6, 6.07) is 5.45. The fourth-order valence-corrected chi connectivity index (χ4v) is 3.89. The number of carbonyl (C=O) groups is 1. The van der Waals surface area contributed by atoms with Crippen LogP contribution >= 0.6 is 0 Å². The first-order chi connectivity index (χ1) is 13.4. The summed E-state index contributed by atoms with van der Waals surface area (Å²) in [6.07, 6.45) is 0. The summed E-state index contributed by atoms with van der Waals surface area (Å²) >= 11 is 0. The van der Waals surface area contributed by atoms with Gasteiger partial charge in [-0.05, 0) is 37.6 Å². The zero-order chi connectivity index (χ0) is 20.6. The third-order valence-electron chi connectivity index (χ3n) is 5.02. The largest absolute Gasteiger partial charge is 0.496 e. The van der Waals surface area contributed by atoms with Crippen molar-refractivity contribution in [1.29, 1.82) is 0 Å². The molecule has 0 amide bonds. The van der Waals surface area contributed by atoms with Crippen LogP contribution in [0.1, 0.15) is 22.8 Å². The topological polar surface area (TPSA) is 63.2 Å². The molecular weight excluding hydrogens is 360 g/mol. The smallest absolute Gasteiger partial charge is 0.163 e. The van der Waals surface area contributed by atoms with Crippen LogP contribution < -0.4 is 23.7 Å². The zero-order valence-corrected chi connectivity index (χ0v) is 17.2.